The molecule has 2 fully saturated rings. The third kappa shape index (κ3) is 3.40. The number of ether oxygens (including phenoxy) is 1. The summed E-state index contributed by atoms with van der Waals surface area (Å²) in [6.45, 7) is 4.06. The standard InChI is InChI=1S/C23H24F2N4O3/c1-3-31-21(30)22(8-9-22)13-29-17(18(24)25)12-16(27-29)19-26-20(28-32-19)23(10-11-23)15-7-5-4-6-14(15)2/h4-7,12,18H,3,8-11,13H2,1-2H3. The van der Waals surface area contributed by atoms with Crippen molar-refractivity contribution in [3.05, 3.63) is 53.0 Å². The van der Waals surface area contributed by atoms with E-state index in [2.05, 4.69) is 21.3 Å². The second-order valence-corrected chi connectivity index (χ2v) is 8.73. The van der Waals surface area contributed by atoms with Crippen LogP contribution in [0.5, 0.6) is 0 Å². The molecule has 0 saturated heterocycles. The first-order chi connectivity index (χ1) is 15.4. The average Bonchev–Trinajstić information content (AvgIpc) is 3.63. The zero-order valence-electron chi connectivity index (χ0n) is 18.0. The number of aryl methyl sites for hydroxylation is 1. The Labute approximate surface area is 183 Å². The highest BCUT2D eigenvalue weighted by molar-refractivity contribution is 5.79. The number of hydrogen-bond donors (Lipinski definition) is 0. The van der Waals surface area contributed by atoms with Crippen molar-refractivity contribution in [3.8, 4) is 11.6 Å². The smallest absolute Gasteiger partial charge is 0.313 e. The topological polar surface area (TPSA) is 83.0 Å². The zero-order chi connectivity index (χ0) is 22.5. The summed E-state index contributed by atoms with van der Waals surface area (Å²) in [5.41, 5.74) is 1.11. The second kappa shape index (κ2) is 7.50. The van der Waals surface area contributed by atoms with Crippen LogP contribution in [-0.4, -0.2) is 32.5 Å². The Morgan fingerprint density at radius 3 is 2.62 bits per heavy atom. The molecule has 0 amide bonds. The lowest BCUT2D eigenvalue weighted by atomic mass is 9.91. The fourth-order valence-electron chi connectivity index (χ4n) is 4.36. The number of carbonyl (C=O) groups is 1. The summed E-state index contributed by atoms with van der Waals surface area (Å²) in [5, 5.41) is 8.48. The van der Waals surface area contributed by atoms with Crippen LogP contribution in [0.4, 0.5) is 8.78 Å². The number of aromatic nitrogens is 4. The summed E-state index contributed by atoms with van der Waals surface area (Å²) in [6.07, 6.45) is 0.227. The molecule has 1 aromatic carbocycles. The molecule has 168 valence electrons. The van der Waals surface area contributed by atoms with E-state index in [4.69, 9.17) is 9.26 Å². The van der Waals surface area contributed by atoms with Crippen molar-refractivity contribution in [2.45, 2.75) is 57.9 Å². The van der Waals surface area contributed by atoms with Gasteiger partial charge in [0, 0.05) is 0 Å². The molecule has 2 saturated carbocycles. The first-order valence-electron chi connectivity index (χ1n) is 10.8. The molecule has 2 aromatic heterocycles. The summed E-state index contributed by atoms with van der Waals surface area (Å²) >= 11 is 0. The van der Waals surface area contributed by atoms with Gasteiger partial charge in [-0.25, -0.2) is 8.78 Å². The highest BCUT2D eigenvalue weighted by Crippen LogP contribution is 2.53. The Hall–Kier alpha value is -3.10. The number of rotatable bonds is 8. The van der Waals surface area contributed by atoms with Gasteiger partial charge in [-0.1, -0.05) is 29.4 Å². The van der Waals surface area contributed by atoms with E-state index in [0.717, 1.165) is 24.0 Å². The maximum atomic E-state index is 13.7. The van der Waals surface area contributed by atoms with Gasteiger partial charge in [0.15, 0.2) is 11.5 Å². The van der Waals surface area contributed by atoms with Crippen molar-refractivity contribution in [1.29, 1.82) is 0 Å². The van der Waals surface area contributed by atoms with E-state index in [1.807, 2.05) is 25.1 Å². The number of nitrogens with zero attached hydrogens (tertiary/aromatic N) is 4. The summed E-state index contributed by atoms with van der Waals surface area (Å²) in [5.74, 6) is 0.271. The molecule has 32 heavy (non-hydrogen) atoms. The molecular formula is C23H24F2N4O3. The van der Waals surface area contributed by atoms with E-state index in [1.165, 1.54) is 10.7 Å². The number of alkyl halides is 2. The Morgan fingerprint density at radius 2 is 2.00 bits per heavy atom. The molecule has 0 radical (unpaired) electrons. The molecule has 9 heteroatoms. The van der Waals surface area contributed by atoms with Crippen LogP contribution in [0, 0.1) is 12.3 Å². The van der Waals surface area contributed by atoms with Crippen LogP contribution in [0.1, 0.15) is 61.7 Å². The maximum Gasteiger partial charge on any atom is 0.313 e. The van der Waals surface area contributed by atoms with Crippen LogP contribution in [0.25, 0.3) is 11.6 Å². The monoisotopic (exact) mass is 442 g/mol. The van der Waals surface area contributed by atoms with Crippen LogP contribution in [0.15, 0.2) is 34.9 Å². The van der Waals surface area contributed by atoms with Crippen LogP contribution in [0.3, 0.4) is 0 Å². The zero-order valence-corrected chi connectivity index (χ0v) is 18.0. The van der Waals surface area contributed by atoms with E-state index in [1.54, 1.807) is 6.92 Å². The minimum atomic E-state index is -2.75. The van der Waals surface area contributed by atoms with Crippen molar-refractivity contribution in [1.82, 2.24) is 19.9 Å². The lowest BCUT2D eigenvalue weighted by Gasteiger charge is -2.15. The van der Waals surface area contributed by atoms with E-state index >= 15 is 0 Å². The van der Waals surface area contributed by atoms with Crippen LogP contribution < -0.4 is 0 Å². The maximum absolute atomic E-state index is 13.7. The van der Waals surface area contributed by atoms with E-state index in [9.17, 15) is 13.6 Å². The van der Waals surface area contributed by atoms with Crippen molar-refractivity contribution in [2.75, 3.05) is 6.61 Å². The lowest BCUT2D eigenvalue weighted by molar-refractivity contribution is -0.150. The van der Waals surface area contributed by atoms with Gasteiger partial charge in [0.1, 0.15) is 5.69 Å². The van der Waals surface area contributed by atoms with Gasteiger partial charge in [-0.05, 0) is 56.7 Å². The Kier molecular flexibility index (Phi) is 4.87. The molecule has 3 aromatic rings. The van der Waals surface area contributed by atoms with Crippen LogP contribution in [0.2, 0.25) is 0 Å². The molecule has 0 bridgehead atoms. The number of halogens is 2. The van der Waals surface area contributed by atoms with Gasteiger partial charge in [0.05, 0.1) is 24.0 Å². The SMILES string of the molecule is CCOC(=O)C1(Cn2nc(-c3nc(C4(c5ccccc5C)CC4)no3)cc2C(F)F)CC1. The highest BCUT2D eigenvalue weighted by Gasteiger charge is 2.53. The Balaban J connectivity index is 1.45. The largest absolute Gasteiger partial charge is 0.466 e. The Morgan fingerprint density at radius 1 is 1.25 bits per heavy atom. The molecule has 0 aliphatic heterocycles. The minimum Gasteiger partial charge on any atom is -0.466 e. The molecule has 7 nitrogen and oxygen atoms in total. The molecule has 2 aliphatic rings. The van der Waals surface area contributed by atoms with Gasteiger partial charge in [-0.3, -0.25) is 9.48 Å². The third-order valence-corrected chi connectivity index (χ3v) is 6.53. The third-order valence-electron chi connectivity index (χ3n) is 6.53. The fraction of sp³-hybridized carbons (Fsp3) is 0.478. The molecule has 0 spiro atoms. The van der Waals surface area contributed by atoms with E-state index in [0.29, 0.717) is 18.7 Å². The number of benzene rings is 1. The van der Waals surface area contributed by atoms with E-state index < -0.39 is 11.8 Å². The van der Waals surface area contributed by atoms with Crippen molar-refractivity contribution in [3.63, 3.8) is 0 Å². The van der Waals surface area contributed by atoms with Gasteiger partial charge >= 0.3 is 5.97 Å². The number of carbonyl (C=O) groups excluding carboxylic acids is 1. The summed E-state index contributed by atoms with van der Waals surface area (Å²) < 4.78 is 39.2. The predicted molar refractivity (Wildman–Crippen MR) is 110 cm³/mol. The van der Waals surface area contributed by atoms with Crippen molar-refractivity contribution < 1.29 is 22.8 Å². The fourth-order valence-corrected chi connectivity index (χ4v) is 4.36. The molecule has 0 unspecified atom stereocenters. The molecule has 2 heterocycles. The summed E-state index contributed by atoms with van der Waals surface area (Å²) in [7, 11) is 0. The summed E-state index contributed by atoms with van der Waals surface area (Å²) in [6, 6.07) is 9.34. The quantitative estimate of drug-likeness (QED) is 0.474. The van der Waals surface area contributed by atoms with Crippen LogP contribution >= 0.6 is 0 Å². The van der Waals surface area contributed by atoms with Crippen LogP contribution in [-0.2, 0) is 21.5 Å². The average molecular weight is 442 g/mol. The van der Waals surface area contributed by atoms with Crippen molar-refractivity contribution >= 4 is 5.97 Å². The minimum absolute atomic E-state index is 0.0413. The number of hydrogen-bond acceptors (Lipinski definition) is 6. The molecule has 0 N–H and O–H groups in total. The lowest BCUT2D eigenvalue weighted by Crippen LogP contribution is -2.26. The molecular weight excluding hydrogens is 418 g/mol. The molecule has 2 aliphatic carbocycles. The highest BCUT2D eigenvalue weighted by atomic mass is 19.3. The van der Waals surface area contributed by atoms with Gasteiger partial charge < -0.3 is 9.26 Å². The second-order valence-electron chi connectivity index (χ2n) is 8.73. The predicted octanol–water partition coefficient (Wildman–Crippen LogP) is 4.60. The van der Waals surface area contributed by atoms with Gasteiger partial charge in [0.25, 0.3) is 12.3 Å². The van der Waals surface area contributed by atoms with Gasteiger partial charge in [0.2, 0.25) is 0 Å². The first kappa shape index (κ1) is 20.8. The van der Waals surface area contributed by atoms with Crippen molar-refractivity contribution in [2.24, 2.45) is 5.41 Å². The van der Waals surface area contributed by atoms with Gasteiger partial charge in [-0.2, -0.15) is 10.1 Å². The molecule has 5 rings (SSSR count). The number of esters is 1. The molecule has 0 atom stereocenters. The first-order valence-corrected chi connectivity index (χ1v) is 10.8. The summed E-state index contributed by atoms with van der Waals surface area (Å²) in [4.78, 5) is 16.8. The van der Waals surface area contributed by atoms with E-state index in [-0.39, 0.29) is 41.8 Å². The normalized spacial score (nSPS) is 18.0. The Bertz CT molecular complexity index is 1160. The van der Waals surface area contributed by atoms with Gasteiger partial charge in [-0.15, -0.1) is 0 Å².